The van der Waals surface area contributed by atoms with Crippen LogP contribution >= 0.6 is 0 Å². The number of halogens is 1. The second-order valence-corrected chi connectivity index (χ2v) is 11.8. The lowest BCUT2D eigenvalue weighted by Gasteiger charge is -2.21. The molecule has 222 valence electrons. The molecule has 0 bridgehead atoms. The summed E-state index contributed by atoms with van der Waals surface area (Å²) in [5.41, 5.74) is 8.72. The minimum Gasteiger partial charge on any atom is -0.492 e. The molecule has 1 fully saturated rings. The Hall–Kier alpha value is -4.26. The van der Waals surface area contributed by atoms with Gasteiger partial charge in [-0.2, -0.15) is 0 Å². The molecule has 2 atom stereocenters. The SMILES string of the molecule is C=C1/C(F)=C\C=C(\c2c(C)cc(-c3cnc(C4CC4)cn3)cc2C)CCC[C@H]1Oc1ccc2c(c1)OC[C@H]2CC(=O)OC. The van der Waals surface area contributed by atoms with Gasteiger partial charge >= 0.3 is 5.97 Å². The van der Waals surface area contributed by atoms with E-state index in [1.807, 2.05) is 36.7 Å². The molecule has 1 saturated carbocycles. The number of allylic oxidation sites excluding steroid dienone is 3. The third kappa shape index (κ3) is 6.26. The number of fused-ring (bicyclic) bond motifs is 1. The summed E-state index contributed by atoms with van der Waals surface area (Å²) in [5.74, 6) is 1.12. The third-order valence-electron chi connectivity index (χ3n) is 8.64. The predicted octanol–water partition coefficient (Wildman–Crippen LogP) is 8.10. The molecule has 0 unspecified atom stereocenters. The van der Waals surface area contributed by atoms with Crippen LogP contribution in [0.25, 0.3) is 16.8 Å². The fraction of sp³-hybridized carbons (Fsp3) is 0.361. The molecule has 2 heterocycles. The molecule has 6 nitrogen and oxygen atoms in total. The molecule has 3 aromatic rings. The van der Waals surface area contributed by atoms with Gasteiger partial charge in [0, 0.05) is 40.8 Å². The highest BCUT2D eigenvalue weighted by atomic mass is 19.1. The average Bonchev–Trinajstić information content (AvgIpc) is 3.78. The first-order valence-corrected chi connectivity index (χ1v) is 15.0. The van der Waals surface area contributed by atoms with E-state index in [4.69, 9.17) is 14.2 Å². The summed E-state index contributed by atoms with van der Waals surface area (Å²) in [7, 11) is 1.38. The van der Waals surface area contributed by atoms with E-state index >= 15 is 4.39 Å². The minimum absolute atomic E-state index is 0.0528. The van der Waals surface area contributed by atoms with E-state index < -0.39 is 11.9 Å². The zero-order valence-corrected chi connectivity index (χ0v) is 25.0. The van der Waals surface area contributed by atoms with Gasteiger partial charge in [-0.15, -0.1) is 0 Å². The van der Waals surface area contributed by atoms with Gasteiger partial charge in [0.25, 0.3) is 0 Å². The lowest BCUT2D eigenvalue weighted by Crippen LogP contribution is -2.19. The Labute approximate surface area is 252 Å². The van der Waals surface area contributed by atoms with E-state index in [0.29, 0.717) is 36.0 Å². The fourth-order valence-corrected chi connectivity index (χ4v) is 6.15. The number of hydrogen-bond donors (Lipinski definition) is 0. The maximum Gasteiger partial charge on any atom is 0.306 e. The maximum atomic E-state index is 15.4. The summed E-state index contributed by atoms with van der Waals surface area (Å²) in [4.78, 5) is 21.1. The van der Waals surface area contributed by atoms with Gasteiger partial charge in [0.2, 0.25) is 0 Å². The zero-order valence-electron chi connectivity index (χ0n) is 25.0. The highest BCUT2D eigenvalue weighted by Crippen LogP contribution is 2.41. The topological polar surface area (TPSA) is 70.5 Å². The van der Waals surface area contributed by atoms with Crippen molar-refractivity contribution in [3.05, 3.63) is 101 Å². The van der Waals surface area contributed by atoms with Crippen molar-refractivity contribution in [3.63, 3.8) is 0 Å². The second-order valence-electron chi connectivity index (χ2n) is 11.8. The number of benzene rings is 2. The Bertz CT molecular complexity index is 1600. The van der Waals surface area contributed by atoms with Crippen molar-refractivity contribution in [3.8, 4) is 22.8 Å². The van der Waals surface area contributed by atoms with Gasteiger partial charge in [0.15, 0.2) is 0 Å². The van der Waals surface area contributed by atoms with Crippen LogP contribution in [-0.2, 0) is 9.53 Å². The molecule has 2 aliphatic carbocycles. The lowest BCUT2D eigenvalue weighted by molar-refractivity contribution is -0.141. The van der Waals surface area contributed by atoms with Gasteiger partial charge in [-0.25, -0.2) is 4.39 Å². The van der Waals surface area contributed by atoms with E-state index in [1.165, 1.54) is 26.0 Å². The van der Waals surface area contributed by atoms with E-state index in [1.54, 1.807) is 0 Å². The van der Waals surface area contributed by atoms with Crippen LogP contribution < -0.4 is 9.47 Å². The van der Waals surface area contributed by atoms with Crippen LogP contribution in [0, 0.1) is 13.8 Å². The van der Waals surface area contributed by atoms with Crippen molar-refractivity contribution < 1.29 is 23.4 Å². The van der Waals surface area contributed by atoms with E-state index in [-0.39, 0.29) is 18.3 Å². The molecular weight excluding hydrogens is 543 g/mol. The van der Waals surface area contributed by atoms with Crippen molar-refractivity contribution in [1.29, 1.82) is 0 Å². The number of ether oxygens (including phenoxy) is 3. The predicted molar refractivity (Wildman–Crippen MR) is 165 cm³/mol. The van der Waals surface area contributed by atoms with Crippen molar-refractivity contribution in [2.45, 2.75) is 70.3 Å². The van der Waals surface area contributed by atoms with E-state index in [2.05, 4.69) is 42.5 Å². The molecule has 0 N–H and O–H groups in total. The average molecular weight is 581 g/mol. The largest absolute Gasteiger partial charge is 0.492 e. The summed E-state index contributed by atoms with van der Waals surface area (Å²) in [5, 5.41) is 0. The Morgan fingerprint density at radius 3 is 2.56 bits per heavy atom. The van der Waals surface area contributed by atoms with Crippen LogP contribution in [0.2, 0.25) is 0 Å². The van der Waals surface area contributed by atoms with Gasteiger partial charge in [0.05, 0.1) is 37.7 Å². The molecule has 3 aliphatic rings. The Kier molecular flexibility index (Phi) is 8.15. The zero-order chi connectivity index (χ0) is 30.1. The summed E-state index contributed by atoms with van der Waals surface area (Å²) in [6.07, 6.45) is 11.5. The Morgan fingerprint density at radius 1 is 1.07 bits per heavy atom. The molecule has 1 aromatic heterocycles. The maximum absolute atomic E-state index is 15.4. The molecular formula is C36H37FN2O4. The first-order chi connectivity index (χ1) is 20.8. The number of nitrogens with zero attached hydrogens (tertiary/aromatic N) is 2. The quantitative estimate of drug-likeness (QED) is 0.263. The van der Waals surface area contributed by atoms with Crippen molar-refractivity contribution in [2.75, 3.05) is 13.7 Å². The minimum atomic E-state index is -0.518. The molecule has 1 aliphatic heterocycles. The van der Waals surface area contributed by atoms with E-state index in [0.717, 1.165) is 57.6 Å². The number of aryl methyl sites for hydroxylation is 2. The summed E-state index contributed by atoms with van der Waals surface area (Å²) in [6, 6.07) is 9.87. The molecule has 6 rings (SSSR count). The normalized spacial score (nSPS) is 22.6. The van der Waals surface area contributed by atoms with Crippen LogP contribution in [0.5, 0.6) is 11.5 Å². The number of methoxy groups -OCH3 is 1. The van der Waals surface area contributed by atoms with Crippen LogP contribution in [0.3, 0.4) is 0 Å². The number of carbonyl (C=O) groups excluding carboxylic acids is 1. The number of aromatic nitrogens is 2. The summed E-state index contributed by atoms with van der Waals surface area (Å²) in [6.45, 7) is 8.66. The standard InChI is InChI=1S/C36H37FN2O4/c1-21-14-26(32-19-38-31(18-39-32)24-8-9-24)15-22(2)36(21)25-6-5-7-33(23(3)30(37)13-10-25)43-28-11-12-29-27(16-35(40)41-4)20-42-34(29)17-28/h10-15,17-19,24,27,33H,3,5-9,16,20H2,1-2,4H3/b25-10+,30-13+/t27-,33-/m1/s1. The number of rotatable bonds is 7. The van der Waals surface area contributed by atoms with Gasteiger partial charge < -0.3 is 14.2 Å². The lowest BCUT2D eigenvalue weighted by atomic mass is 9.89. The van der Waals surface area contributed by atoms with Gasteiger partial charge in [-0.1, -0.05) is 18.7 Å². The molecule has 0 amide bonds. The molecule has 7 heteroatoms. The third-order valence-corrected chi connectivity index (χ3v) is 8.64. The van der Waals surface area contributed by atoms with Crippen LogP contribution in [-0.4, -0.2) is 35.8 Å². The van der Waals surface area contributed by atoms with Gasteiger partial charge in [-0.05, 0) is 92.5 Å². The molecule has 2 aromatic carbocycles. The van der Waals surface area contributed by atoms with Crippen molar-refractivity contribution >= 4 is 11.5 Å². The molecule has 0 spiro atoms. The number of hydrogen-bond acceptors (Lipinski definition) is 6. The second kappa shape index (κ2) is 12.2. The van der Waals surface area contributed by atoms with Crippen molar-refractivity contribution in [2.24, 2.45) is 0 Å². The van der Waals surface area contributed by atoms with E-state index in [9.17, 15) is 4.79 Å². The number of carbonyl (C=O) groups is 1. The summed E-state index contributed by atoms with van der Waals surface area (Å²) < 4.78 is 32.3. The van der Waals surface area contributed by atoms with Crippen LogP contribution in [0.1, 0.15) is 78.3 Å². The Morgan fingerprint density at radius 2 is 1.86 bits per heavy atom. The highest BCUT2D eigenvalue weighted by Gasteiger charge is 2.28. The first kappa shape index (κ1) is 28.8. The number of esters is 1. The first-order valence-electron chi connectivity index (χ1n) is 15.0. The van der Waals surface area contributed by atoms with Gasteiger partial charge in [0.1, 0.15) is 23.4 Å². The molecule has 0 radical (unpaired) electrons. The monoisotopic (exact) mass is 580 g/mol. The Balaban J connectivity index is 1.16. The van der Waals surface area contributed by atoms with Crippen LogP contribution in [0.4, 0.5) is 4.39 Å². The smallest absolute Gasteiger partial charge is 0.306 e. The van der Waals surface area contributed by atoms with Crippen molar-refractivity contribution in [1.82, 2.24) is 9.97 Å². The summed E-state index contributed by atoms with van der Waals surface area (Å²) >= 11 is 0. The molecule has 0 saturated heterocycles. The molecule has 43 heavy (non-hydrogen) atoms. The highest BCUT2D eigenvalue weighted by molar-refractivity contribution is 5.76. The van der Waals surface area contributed by atoms with Gasteiger partial charge in [-0.3, -0.25) is 14.8 Å². The van der Waals surface area contributed by atoms with Crippen LogP contribution in [0.15, 0.2) is 72.9 Å². The fourth-order valence-electron chi connectivity index (χ4n) is 6.15.